The van der Waals surface area contributed by atoms with Crippen LogP contribution in [0.3, 0.4) is 0 Å². The molecule has 33 heavy (non-hydrogen) atoms. The molecule has 0 unspecified atom stereocenters. The number of aliphatic carboxylic acids is 1. The van der Waals surface area contributed by atoms with Crippen LogP contribution < -0.4 is 0 Å². The molecule has 0 fully saturated rings. The van der Waals surface area contributed by atoms with Crippen LogP contribution in [0.25, 0.3) is 22.2 Å². The zero-order valence-electron chi connectivity index (χ0n) is 19.7. The van der Waals surface area contributed by atoms with E-state index in [9.17, 15) is 9.90 Å². The molecule has 170 valence electrons. The molecule has 1 N–H and O–H groups in total. The van der Waals surface area contributed by atoms with Gasteiger partial charge >= 0.3 is 5.97 Å². The maximum absolute atomic E-state index is 12.3. The second kappa shape index (κ2) is 8.79. The molecule has 6 heteroatoms. The Balaban J connectivity index is 1.98. The Bertz CT molecular complexity index is 1290. The second-order valence-corrected chi connectivity index (χ2v) is 9.34. The van der Waals surface area contributed by atoms with Gasteiger partial charge in [-0.3, -0.25) is 4.98 Å². The SMILES string of the molecule is Cc1ccc(-c2cc(C)nc3c2cc([C@H](OC(C)(C)C)C(=O)O)n3Cc2ccccn2)cc1. The fraction of sp³-hybridized carbons (Fsp3) is 0.296. The molecule has 6 nitrogen and oxygen atoms in total. The minimum Gasteiger partial charge on any atom is -0.479 e. The lowest BCUT2D eigenvalue weighted by Crippen LogP contribution is -2.29. The number of nitrogens with zero attached hydrogens (tertiary/aromatic N) is 3. The molecule has 3 heterocycles. The summed E-state index contributed by atoms with van der Waals surface area (Å²) >= 11 is 0. The Morgan fingerprint density at radius 1 is 1.09 bits per heavy atom. The first-order valence-corrected chi connectivity index (χ1v) is 11.0. The van der Waals surface area contributed by atoms with Crippen molar-refractivity contribution in [1.29, 1.82) is 0 Å². The van der Waals surface area contributed by atoms with Crippen LogP contribution in [0.2, 0.25) is 0 Å². The summed E-state index contributed by atoms with van der Waals surface area (Å²) in [7, 11) is 0. The van der Waals surface area contributed by atoms with E-state index in [1.165, 1.54) is 5.56 Å². The lowest BCUT2D eigenvalue weighted by Gasteiger charge is -2.26. The molecule has 0 bridgehead atoms. The summed E-state index contributed by atoms with van der Waals surface area (Å²) in [6.07, 6.45) is 0.589. The van der Waals surface area contributed by atoms with Crippen LogP contribution in [-0.4, -0.2) is 31.2 Å². The first kappa shape index (κ1) is 22.7. The Morgan fingerprint density at radius 3 is 2.42 bits per heavy atom. The Kier molecular flexibility index (Phi) is 6.04. The van der Waals surface area contributed by atoms with Crippen molar-refractivity contribution in [2.75, 3.05) is 0 Å². The molecule has 1 atom stereocenters. The standard InChI is InChI=1S/C27H29N3O3/c1-17-9-11-19(12-10-17)21-14-18(2)29-25-22(21)15-23(24(26(31)32)33-27(3,4)5)30(25)16-20-8-6-7-13-28-20/h6-15,24H,16H2,1-5H3,(H,31,32)/t24-/m0/s1. The van der Waals surface area contributed by atoms with Crippen LogP contribution in [-0.2, 0) is 16.1 Å². The molecule has 0 aliphatic rings. The number of benzene rings is 1. The number of pyridine rings is 2. The number of rotatable bonds is 6. The minimum absolute atomic E-state index is 0.390. The second-order valence-electron chi connectivity index (χ2n) is 9.34. The van der Waals surface area contributed by atoms with E-state index < -0.39 is 17.7 Å². The van der Waals surface area contributed by atoms with Gasteiger partial charge in [-0.1, -0.05) is 35.9 Å². The molecule has 0 aliphatic heterocycles. The van der Waals surface area contributed by atoms with E-state index in [1.54, 1.807) is 6.20 Å². The van der Waals surface area contributed by atoms with E-state index in [1.807, 2.05) is 62.6 Å². The van der Waals surface area contributed by atoms with Gasteiger partial charge in [0.1, 0.15) is 5.65 Å². The van der Waals surface area contributed by atoms with Gasteiger partial charge in [0.05, 0.1) is 23.5 Å². The Labute approximate surface area is 193 Å². The van der Waals surface area contributed by atoms with Crippen molar-refractivity contribution in [2.45, 2.75) is 52.9 Å². The van der Waals surface area contributed by atoms with E-state index in [0.29, 0.717) is 12.2 Å². The quantitative estimate of drug-likeness (QED) is 0.413. The van der Waals surface area contributed by atoms with Gasteiger partial charge < -0.3 is 14.4 Å². The average Bonchev–Trinajstić information content (AvgIpc) is 3.10. The molecule has 1 aromatic carbocycles. The van der Waals surface area contributed by atoms with E-state index in [2.05, 4.69) is 36.2 Å². The number of hydrogen-bond donors (Lipinski definition) is 1. The summed E-state index contributed by atoms with van der Waals surface area (Å²) in [5, 5.41) is 11.0. The highest BCUT2D eigenvalue weighted by Crippen LogP contribution is 2.35. The summed E-state index contributed by atoms with van der Waals surface area (Å²) in [6, 6.07) is 18.0. The maximum Gasteiger partial charge on any atom is 0.339 e. The van der Waals surface area contributed by atoms with Crippen molar-refractivity contribution < 1.29 is 14.6 Å². The lowest BCUT2D eigenvalue weighted by atomic mass is 10.0. The number of carboxylic acid groups (broad SMARTS) is 1. The predicted octanol–water partition coefficient (Wildman–Crippen LogP) is 5.70. The highest BCUT2D eigenvalue weighted by Gasteiger charge is 2.31. The van der Waals surface area contributed by atoms with Gasteiger partial charge in [-0.15, -0.1) is 0 Å². The average molecular weight is 444 g/mol. The number of hydrogen-bond acceptors (Lipinski definition) is 4. The van der Waals surface area contributed by atoms with Crippen molar-refractivity contribution in [3.63, 3.8) is 0 Å². The number of fused-ring (bicyclic) bond motifs is 1. The lowest BCUT2D eigenvalue weighted by molar-refractivity contribution is -0.161. The highest BCUT2D eigenvalue weighted by atomic mass is 16.5. The summed E-state index contributed by atoms with van der Waals surface area (Å²) in [6.45, 7) is 9.97. The van der Waals surface area contributed by atoms with E-state index >= 15 is 0 Å². The minimum atomic E-state index is -1.14. The molecule has 0 aliphatic carbocycles. The van der Waals surface area contributed by atoms with E-state index in [0.717, 1.165) is 33.5 Å². The zero-order valence-corrected chi connectivity index (χ0v) is 19.7. The number of ether oxygens (including phenoxy) is 1. The van der Waals surface area contributed by atoms with Crippen LogP contribution in [0.4, 0.5) is 0 Å². The molecule has 0 amide bonds. The van der Waals surface area contributed by atoms with Crippen LogP contribution in [0, 0.1) is 13.8 Å². The molecule has 0 saturated carbocycles. The third kappa shape index (κ3) is 4.96. The molecule has 0 spiro atoms. The first-order valence-electron chi connectivity index (χ1n) is 11.0. The summed E-state index contributed by atoms with van der Waals surface area (Å²) in [5.74, 6) is -1.04. The monoisotopic (exact) mass is 443 g/mol. The molecular formula is C27H29N3O3. The van der Waals surface area contributed by atoms with Gasteiger partial charge in [0.15, 0.2) is 6.10 Å². The van der Waals surface area contributed by atoms with E-state index in [4.69, 9.17) is 9.72 Å². The van der Waals surface area contributed by atoms with Crippen LogP contribution in [0.5, 0.6) is 0 Å². The predicted molar refractivity (Wildman–Crippen MR) is 129 cm³/mol. The van der Waals surface area contributed by atoms with Crippen LogP contribution >= 0.6 is 0 Å². The number of aromatic nitrogens is 3. The first-order chi connectivity index (χ1) is 15.6. The van der Waals surface area contributed by atoms with Crippen molar-refractivity contribution in [3.05, 3.63) is 83.4 Å². The van der Waals surface area contributed by atoms with Gasteiger partial charge in [0.2, 0.25) is 0 Å². The Hall–Kier alpha value is -3.51. The molecule has 4 aromatic rings. The summed E-state index contributed by atoms with van der Waals surface area (Å²) in [5.41, 5.74) is 5.54. The zero-order chi connectivity index (χ0) is 23.8. The normalized spacial score (nSPS) is 12.8. The van der Waals surface area contributed by atoms with Crippen molar-refractivity contribution in [3.8, 4) is 11.1 Å². The molecular weight excluding hydrogens is 414 g/mol. The largest absolute Gasteiger partial charge is 0.479 e. The highest BCUT2D eigenvalue weighted by molar-refractivity contribution is 5.95. The fourth-order valence-corrected chi connectivity index (χ4v) is 3.96. The molecule has 0 radical (unpaired) electrons. The molecule has 3 aromatic heterocycles. The van der Waals surface area contributed by atoms with Gasteiger partial charge in [0, 0.05) is 17.3 Å². The number of carbonyl (C=O) groups is 1. The van der Waals surface area contributed by atoms with Crippen molar-refractivity contribution >= 4 is 17.0 Å². The van der Waals surface area contributed by atoms with Crippen molar-refractivity contribution in [1.82, 2.24) is 14.5 Å². The third-order valence-corrected chi connectivity index (χ3v) is 5.40. The summed E-state index contributed by atoms with van der Waals surface area (Å²) in [4.78, 5) is 21.6. The van der Waals surface area contributed by atoms with Crippen LogP contribution in [0.1, 0.15) is 49.5 Å². The Morgan fingerprint density at radius 2 is 1.82 bits per heavy atom. The molecule has 0 saturated heterocycles. The van der Waals surface area contributed by atoms with Gasteiger partial charge in [-0.2, -0.15) is 0 Å². The van der Waals surface area contributed by atoms with Gasteiger partial charge in [0.25, 0.3) is 0 Å². The smallest absolute Gasteiger partial charge is 0.339 e. The van der Waals surface area contributed by atoms with E-state index in [-0.39, 0.29) is 0 Å². The molecule has 4 rings (SSSR count). The van der Waals surface area contributed by atoms with Crippen LogP contribution in [0.15, 0.2) is 60.8 Å². The van der Waals surface area contributed by atoms with Gasteiger partial charge in [-0.25, -0.2) is 9.78 Å². The third-order valence-electron chi connectivity index (χ3n) is 5.40. The number of aryl methyl sites for hydroxylation is 2. The topological polar surface area (TPSA) is 77.2 Å². The van der Waals surface area contributed by atoms with Crippen molar-refractivity contribution in [2.24, 2.45) is 0 Å². The fourth-order valence-electron chi connectivity index (χ4n) is 3.96. The maximum atomic E-state index is 12.3. The van der Waals surface area contributed by atoms with Gasteiger partial charge in [-0.05, 0) is 70.0 Å². The summed E-state index contributed by atoms with van der Waals surface area (Å²) < 4.78 is 7.94. The number of carboxylic acids is 1.